The van der Waals surface area contributed by atoms with E-state index in [-0.39, 0.29) is 24.0 Å². The van der Waals surface area contributed by atoms with Gasteiger partial charge in [-0.05, 0) is 18.9 Å². The molecule has 166 valence electrons. The number of nitrogens with one attached hydrogen (secondary N) is 2. The average Bonchev–Trinajstić information content (AvgIpc) is 3.20. The Morgan fingerprint density at radius 3 is 2.81 bits per heavy atom. The SMILES string of the molecule is Cl.O=C(Nc1cc2sc(N3CCOCC3)nc2nc1C1CC1)c1coc(-c2cn[nH]c2)n1. The number of hydrogen-bond acceptors (Lipinski definition) is 9. The van der Waals surface area contributed by atoms with E-state index in [1.165, 1.54) is 6.26 Å². The second kappa shape index (κ2) is 8.49. The molecule has 0 aromatic carbocycles. The zero-order valence-electron chi connectivity index (χ0n) is 16.9. The van der Waals surface area contributed by atoms with Crippen LogP contribution in [0.15, 0.2) is 29.1 Å². The Kier molecular flexibility index (Phi) is 5.53. The molecule has 1 saturated heterocycles. The van der Waals surface area contributed by atoms with Gasteiger partial charge in [0.25, 0.3) is 5.91 Å². The average molecular weight is 474 g/mol. The van der Waals surface area contributed by atoms with Gasteiger partial charge in [-0.1, -0.05) is 11.3 Å². The number of aromatic nitrogens is 5. The lowest BCUT2D eigenvalue weighted by atomic mass is 10.2. The first-order chi connectivity index (χ1) is 15.2. The van der Waals surface area contributed by atoms with Gasteiger partial charge in [-0.2, -0.15) is 10.1 Å². The van der Waals surface area contributed by atoms with Gasteiger partial charge in [0.15, 0.2) is 16.5 Å². The molecule has 6 rings (SSSR count). The van der Waals surface area contributed by atoms with Crippen LogP contribution in [0.4, 0.5) is 10.8 Å². The van der Waals surface area contributed by atoms with Crippen molar-refractivity contribution >= 4 is 50.8 Å². The highest BCUT2D eigenvalue weighted by Gasteiger charge is 2.30. The number of amides is 1. The fourth-order valence-electron chi connectivity index (χ4n) is 3.59. The summed E-state index contributed by atoms with van der Waals surface area (Å²) in [6.07, 6.45) is 6.73. The maximum absolute atomic E-state index is 12.9. The van der Waals surface area contributed by atoms with Crippen molar-refractivity contribution in [2.75, 3.05) is 36.5 Å². The minimum Gasteiger partial charge on any atom is -0.444 e. The molecule has 1 saturated carbocycles. The van der Waals surface area contributed by atoms with Crippen molar-refractivity contribution in [1.29, 1.82) is 0 Å². The second-order valence-electron chi connectivity index (χ2n) is 7.59. The number of oxazole rings is 1. The van der Waals surface area contributed by atoms with Gasteiger partial charge in [-0.3, -0.25) is 9.89 Å². The zero-order valence-corrected chi connectivity index (χ0v) is 18.5. The molecule has 0 unspecified atom stereocenters. The molecule has 4 aromatic heterocycles. The molecule has 1 aliphatic heterocycles. The Morgan fingerprint density at radius 2 is 2.06 bits per heavy atom. The Bertz CT molecular complexity index is 1250. The number of morpholine rings is 1. The number of nitrogens with zero attached hydrogens (tertiary/aromatic N) is 5. The first-order valence-electron chi connectivity index (χ1n) is 10.1. The van der Waals surface area contributed by atoms with Gasteiger partial charge in [-0.25, -0.2) is 9.97 Å². The monoisotopic (exact) mass is 473 g/mol. The number of carbonyl (C=O) groups is 1. The fourth-order valence-corrected chi connectivity index (χ4v) is 4.59. The number of hydrogen-bond donors (Lipinski definition) is 2. The first-order valence-corrected chi connectivity index (χ1v) is 11.0. The zero-order chi connectivity index (χ0) is 20.8. The highest BCUT2D eigenvalue weighted by atomic mass is 35.5. The summed E-state index contributed by atoms with van der Waals surface area (Å²) in [6, 6.07) is 1.98. The van der Waals surface area contributed by atoms with E-state index in [1.54, 1.807) is 23.7 Å². The van der Waals surface area contributed by atoms with Crippen molar-refractivity contribution < 1.29 is 13.9 Å². The molecule has 2 aliphatic rings. The third-order valence-corrected chi connectivity index (χ3v) is 6.43. The smallest absolute Gasteiger partial charge is 0.277 e. The maximum Gasteiger partial charge on any atom is 0.277 e. The van der Waals surface area contributed by atoms with E-state index in [2.05, 4.69) is 25.4 Å². The summed E-state index contributed by atoms with van der Waals surface area (Å²) >= 11 is 1.58. The van der Waals surface area contributed by atoms with Crippen LogP contribution >= 0.6 is 23.7 Å². The molecule has 1 amide bonds. The summed E-state index contributed by atoms with van der Waals surface area (Å²) in [5, 5.41) is 10.5. The lowest BCUT2D eigenvalue weighted by molar-refractivity contribution is 0.102. The molecule has 0 radical (unpaired) electrons. The van der Waals surface area contributed by atoms with Gasteiger partial charge >= 0.3 is 0 Å². The summed E-state index contributed by atoms with van der Waals surface area (Å²) in [5.74, 6) is 0.360. The second-order valence-corrected chi connectivity index (χ2v) is 8.60. The normalized spacial score (nSPS) is 16.2. The maximum atomic E-state index is 12.9. The van der Waals surface area contributed by atoms with Crippen molar-refractivity contribution in [3.05, 3.63) is 36.1 Å². The summed E-state index contributed by atoms with van der Waals surface area (Å²) in [4.78, 5) is 28.9. The Morgan fingerprint density at radius 1 is 1.22 bits per heavy atom. The van der Waals surface area contributed by atoms with E-state index in [9.17, 15) is 4.79 Å². The van der Waals surface area contributed by atoms with E-state index < -0.39 is 0 Å². The van der Waals surface area contributed by atoms with Crippen LogP contribution in [0.5, 0.6) is 0 Å². The van der Waals surface area contributed by atoms with E-state index in [0.717, 1.165) is 47.1 Å². The van der Waals surface area contributed by atoms with Crippen LogP contribution in [-0.2, 0) is 4.74 Å². The molecule has 32 heavy (non-hydrogen) atoms. The van der Waals surface area contributed by atoms with Crippen molar-refractivity contribution in [3.63, 3.8) is 0 Å². The number of pyridine rings is 1. The fraction of sp³-hybridized carbons (Fsp3) is 0.350. The summed E-state index contributed by atoms with van der Waals surface area (Å²) < 4.78 is 11.8. The molecule has 5 heterocycles. The number of ether oxygens (including phenoxy) is 1. The van der Waals surface area contributed by atoms with Crippen LogP contribution in [0.3, 0.4) is 0 Å². The molecule has 0 bridgehead atoms. The van der Waals surface area contributed by atoms with Crippen molar-refractivity contribution in [1.82, 2.24) is 25.1 Å². The predicted octanol–water partition coefficient (Wildman–Crippen LogP) is 3.46. The third-order valence-electron chi connectivity index (χ3n) is 5.38. The van der Waals surface area contributed by atoms with Gasteiger partial charge in [0.05, 0.1) is 41.1 Å². The molecule has 1 aliphatic carbocycles. The molecule has 4 aromatic rings. The third kappa shape index (κ3) is 3.94. The number of fused-ring (bicyclic) bond motifs is 1. The van der Waals surface area contributed by atoms with Gasteiger partial charge in [0, 0.05) is 25.2 Å². The van der Waals surface area contributed by atoms with Crippen LogP contribution in [0.25, 0.3) is 21.8 Å². The molecular weight excluding hydrogens is 454 g/mol. The Balaban J connectivity index is 0.00000216. The highest BCUT2D eigenvalue weighted by Crippen LogP contribution is 2.44. The molecule has 10 nitrogen and oxygen atoms in total. The molecule has 0 atom stereocenters. The standard InChI is InChI=1S/C20H19N7O3S.ClH/c28-18(14-10-30-19(24-14)12-8-21-22-9-12)23-13-7-15-17(25-16(13)11-1-2-11)26-20(31-15)27-3-5-29-6-4-27;/h7-11H,1-6H2,(H,21,22)(H,23,28);1H. The van der Waals surface area contributed by atoms with Gasteiger partial charge in [-0.15, -0.1) is 12.4 Å². The van der Waals surface area contributed by atoms with E-state index >= 15 is 0 Å². The summed E-state index contributed by atoms with van der Waals surface area (Å²) in [6.45, 7) is 3.06. The largest absolute Gasteiger partial charge is 0.444 e. The molecule has 12 heteroatoms. The number of thiazole rings is 1. The molecule has 2 N–H and O–H groups in total. The van der Waals surface area contributed by atoms with Crippen LogP contribution < -0.4 is 10.2 Å². The van der Waals surface area contributed by atoms with Gasteiger partial charge in [0.2, 0.25) is 5.89 Å². The van der Waals surface area contributed by atoms with Crippen LogP contribution in [0.2, 0.25) is 0 Å². The highest BCUT2D eigenvalue weighted by molar-refractivity contribution is 7.22. The lowest BCUT2D eigenvalue weighted by Crippen LogP contribution is -2.36. The van der Waals surface area contributed by atoms with Gasteiger partial charge in [0.1, 0.15) is 6.26 Å². The topological polar surface area (TPSA) is 122 Å². The minimum atomic E-state index is -0.334. The number of rotatable bonds is 5. The number of halogens is 1. The van der Waals surface area contributed by atoms with E-state index in [0.29, 0.717) is 36.3 Å². The molecule has 2 fully saturated rings. The summed E-state index contributed by atoms with van der Waals surface area (Å²) in [7, 11) is 0. The van der Waals surface area contributed by atoms with E-state index in [4.69, 9.17) is 19.1 Å². The Hall–Kier alpha value is -3.02. The lowest BCUT2D eigenvalue weighted by Gasteiger charge is -2.25. The van der Waals surface area contributed by atoms with Crippen molar-refractivity contribution in [2.45, 2.75) is 18.8 Å². The molecule has 0 spiro atoms. The predicted molar refractivity (Wildman–Crippen MR) is 122 cm³/mol. The van der Waals surface area contributed by atoms with Crippen molar-refractivity contribution in [2.24, 2.45) is 0 Å². The first kappa shape index (κ1) is 20.9. The van der Waals surface area contributed by atoms with Crippen LogP contribution in [0, 0.1) is 0 Å². The summed E-state index contributed by atoms with van der Waals surface area (Å²) in [5.41, 5.74) is 3.22. The number of aromatic amines is 1. The van der Waals surface area contributed by atoms with Crippen molar-refractivity contribution in [3.8, 4) is 11.5 Å². The van der Waals surface area contributed by atoms with Gasteiger partial charge < -0.3 is 19.4 Å². The van der Waals surface area contributed by atoms with Crippen LogP contribution in [0.1, 0.15) is 34.9 Å². The quantitative estimate of drug-likeness (QED) is 0.452. The number of H-pyrrole nitrogens is 1. The number of carbonyl (C=O) groups excluding carboxylic acids is 1. The number of anilines is 2. The minimum absolute atomic E-state index is 0. The molecular formula is C20H20ClN7O3S. The van der Waals surface area contributed by atoms with Crippen LogP contribution in [-0.4, -0.2) is 57.4 Å². The van der Waals surface area contributed by atoms with E-state index in [1.807, 2.05) is 6.07 Å². The Labute approximate surface area is 192 Å².